The molecule has 0 radical (unpaired) electrons. The van der Waals surface area contributed by atoms with Gasteiger partial charge in [-0.2, -0.15) is 0 Å². The first kappa shape index (κ1) is 35.2. The summed E-state index contributed by atoms with van der Waals surface area (Å²) in [5.41, 5.74) is 1.44. The van der Waals surface area contributed by atoms with Crippen LogP contribution in [-0.2, 0) is 45.1 Å². The molecule has 2 bridgehead atoms. The zero-order chi connectivity index (χ0) is 34.1. The second-order valence-electron chi connectivity index (χ2n) is 13.6. The Morgan fingerprint density at radius 1 is 1.23 bits per heavy atom. The summed E-state index contributed by atoms with van der Waals surface area (Å²) in [6.45, 7) is 9.36. The SMILES string of the molecule is COC12C=CC(C)(O1)C(OC(=O)C=Cc1cn(C)cn1)CC1C(C)=CCC(C(C)C)C1C=C2COC1OCC(O)C(OC(C)=O)C1O. The number of methoxy groups -OCH3 is 1. The summed E-state index contributed by atoms with van der Waals surface area (Å²) >= 11 is 0. The molecule has 1 aliphatic carbocycles. The molecule has 12 heteroatoms. The van der Waals surface area contributed by atoms with Gasteiger partial charge in [-0.25, -0.2) is 9.78 Å². The molecule has 0 aromatic carbocycles. The molecule has 10 atom stereocenters. The van der Waals surface area contributed by atoms with Gasteiger partial charge >= 0.3 is 11.9 Å². The molecule has 3 aliphatic heterocycles. The largest absolute Gasteiger partial charge is 0.457 e. The average Bonchev–Trinajstić information content (AvgIpc) is 3.61. The van der Waals surface area contributed by atoms with Crippen LogP contribution < -0.4 is 0 Å². The van der Waals surface area contributed by atoms with Crippen molar-refractivity contribution in [2.24, 2.45) is 30.7 Å². The lowest BCUT2D eigenvalue weighted by molar-refractivity contribution is -0.275. The number of aliphatic hydroxyl groups excluding tert-OH is 2. The van der Waals surface area contributed by atoms with Gasteiger partial charge in [0, 0.05) is 38.9 Å². The van der Waals surface area contributed by atoms with E-state index in [-0.39, 0.29) is 31.0 Å². The summed E-state index contributed by atoms with van der Waals surface area (Å²) in [5.74, 6) is -1.87. The number of esters is 2. The molecule has 0 saturated carbocycles. The molecule has 1 aromatic heterocycles. The molecule has 1 saturated heterocycles. The minimum atomic E-state index is -1.43. The topological polar surface area (TPSA) is 148 Å². The van der Waals surface area contributed by atoms with E-state index in [1.165, 1.54) is 18.6 Å². The van der Waals surface area contributed by atoms with Gasteiger partial charge in [0.05, 0.1) is 25.2 Å². The van der Waals surface area contributed by atoms with Gasteiger partial charge in [-0.05, 0) is 68.6 Å². The highest BCUT2D eigenvalue weighted by Crippen LogP contribution is 2.49. The fourth-order valence-corrected chi connectivity index (χ4v) is 7.19. The lowest BCUT2D eigenvalue weighted by atomic mass is 9.65. The first-order chi connectivity index (χ1) is 22.2. The number of aromatic nitrogens is 2. The number of ether oxygens (including phenoxy) is 6. The normalized spacial score (nSPS) is 37.1. The van der Waals surface area contributed by atoms with Crippen LogP contribution in [0.25, 0.3) is 6.08 Å². The summed E-state index contributed by atoms with van der Waals surface area (Å²) in [7, 11) is 3.40. The summed E-state index contributed by atoms with van der Waals surface area (Å²) in [4.78, 5) is 29.1. The number of hydrogen-bond acceptors (Lipinski definition) is 11. The quantitative estimate of drug-likeness (QED) is 0.229. The Morgan fingerprint density at radius 2 is 2.00 bits per heavy atom. The Kier molecular flexibility index (Phi) is 10.6. The van der Waals surface area contributed by atoms with E-state index in [1.54, 1.807) is 30.3 Å². The minimum Gasteiger partial charge on any atom is -0.457 e. The van der Waals surface area contributed by atoms with Gasteiger partial charge in [-0.15, -0.1) is 0 Å². The van der Waals surface area contributed by atoms with E-state index >= 15 is 0 Å². The third-order valence-electron chi connectivity index (χ3n) is 9.87. The molecule has 1 aromatic rings. The van der Waals surface area contributed by atoms with Gasteiger partial charge in [0.15, 0.2) is 12.4 Å². The van der Waals surface area contributed by atoms with Crippen molar-refractivity contribution < 1.29 is 48.2 Å². The van der Waals surface area contributed by atoms with Gasteiger partial charge in [0.1, 0.15) is 23.9 Å². The summed E-state index contributed by atoms with van der Waals surface area (Å²) in [6.07, 6.45) is 10.3. The number of nitrogens with zero attached hydrogens (tertiary/aromatic N) is 2. The number of allylic oxidation sites excluding steroid dienone is 3. The van der Waals surface area contributed by atoms with Crippen molar-refractivity contribution in [3.05, 3.63) is 59.7 Å². The molecule has 5 rings (SSSR count). The molecular weight excluding hydrogens is 608 g/mol. The Hall–Kier alpha value is -3.13. The molecule has 0 spiro atoms. The molecule has 2 N–H and O–H groups in total. The van der Waals surface area contributed by atoms with Crippen LogP contribution >= 0.6 is 0 Å². The molecule has 10 unspecified atom stereocenters. The summed E-state index contributed by atoms with van der Waals surface area (Å²) < 4.78 is 37.8. The smallest absolute Gasteiger partial charge is 0.331 e. The fourth-order valence-electron chi connectivity index (χ4n) is 7.19. The van der Waals surface area contributed by atoms with Crippen LogP contribution in [0.4, 0.5) is 0 Å². The van der Waals surface area contributed by atoms with E-state index < -0.39 is 54.0 Å². The van der Waals surface area contributed by atoms with Crippen molar-refractivity contribution in [3.8, 4) is 0 Å². The molecule has 4 heterocycles. The fraction of sp³-hybridized carbons (Fsp3) is 0.629. The first-order valence-corrected chi connectivity index (χ1v) is 16.2. The molecule has 4 aliphatic rings. The Balaban J connectivity index is 1.47. The van der Waals surface area contributed by atoms with Crippen molar-refractivity contribution in [2.75, 3.05) is 20.3 Å². The van der Waals surface area contributed by atoms with Gasteiger partial charge in [0.2, 0.25) is 5.79 Å². The number of aryl methyl sites for hydroxylation is 1. The second kappa shape index (κ2) is 14.2. The van der Waals surface area contributed by atoms with Gasteiger partial charge in [0.25, 0.3) is 0 Å². The maximum absolute atomic E-state index is 13.3. The highest BCUT2D eigenvalue weighted by molar-refractivity contribution is 5.86. The van der Waals surface area contributed by atoms with E-state index in [2.05, 4.69) is 37.9 Å². The number of carbonyl (C=O) groups excluding carboxylic acids is 2. The molecule has 1 fully saturated rings. The third kappa shape index (κ3) is 7.48. The van der Waals surface area contributed by atoms with E-state index in [0.717, 1.165) is 6.42 Å². The minimum absolute atomic E-state index is 0.0173. The van der Waals surface area contributed by atoms with Crippen LogP contribution in [0.5, 0.6) is 0 Å². The van der Waals surface area contributed by atoms with Gasteiger partial charge in [-0.3, -0.25) is 4.79 Å². The van der Waals surface area contributed by atoms with Crippen molar-refractivity contribution >= 4 is 18.0 Å². The number of rotatable bonds is 9. The zero-order valence-corrected chi connectivity index (χ0v) is 28.2. The summed E-state index contributed by atoms with van der Waals surface area (Å²) in [6, 6.07) is 0. The van der Waals surface area contributed by atoms with Crippen LogP contribution in [0.3, 0.4) is 0 Å². The van der Waals surface area contributed by atoms with Crippen LogP contribution in [-0.4, -0.2) is 94.1 Å². The lowest BCUT2D eigenvalue weighted by Gasteiger charge is -2.41. The monoisotopic (exact) mass is 656 g/mol. The first-order valence-electron chi connectivity index (χ1n) is 16.2. The number of aliphatic hydroxyl groups is 2. The molecule has 0 amide bonds. The van der Waals surface area contributed by atoms with Crippen LogP contribution in [0.2, 0.25) is 0 Å². The van der Waals surface area contributed by atoms with Crippen molar-refractivity contribution in [1.82, 2.24) is 9.55 Å². The summed E-state index contributed by atoms with van der Waals surface area (Å²) in [5, 5.41) is 21.2. The number of fused-ring (bicyclic) bond motifs is 3. The third-order valence-corrected chi connectivity index (χ3v) is 9.87. The van der Waals surface area contributed by atoms with Crippen molar-refractivity contribution in [1.29, 1.82) is 0 Å². The zero-order valence-electron chi connectivity index (χ0n) is 28.2. The molecular formula is C35H48N2O10. The Bertz CT molecular complexity index is 1430. The van der Waals surface area contributed by atoms with E-state index in [4.69, 9.17) is 28.4 Å². The number of carbonyl (C=O) groups is 2. The van der Waals surface area contributed by atoms with Crippen LogP contribution in [0, 0.1) is 23.7 Å². The van der Waals surface area contributed by atoms with E-state index in [0.29, 0.717) is 23.6 Å². The standard InChI is InChI=1S/C35H48N2O10/c1-20(2)25-10-8-21(3)26-15-29(46-30(40)11-9-24-16-37(6)19-36-24)34(5)12-13-35(42-7,47-34)23(14-27(25)26)17-43-33-31(41)32(45-22(4)38)28(39)18-44-33/h8-9,11-14,16,19-20,25-29,31-33,39,41H,10,15,17-18H2,1-7H3. The predicted octanol–water partition coefficient (Wildman–Crippen LogP) is 3.24. The average molecular weight is 657 g/mol. The Labute approximate surface area is 276 Å². The highest BCUT2D eigenvalue weighted by atomic mass is 16.7. The molecule has 258 valence electrons. The maximum Gasteiger partial charge on any atom is 0.331 e. The second-order valence-corrected chi connectivity index (χ2v) is 13.6. The number of hydrogen-bond donors (Lipinski definition) is 2. The van der Waals surface area contributed by atoms with Crippen molar-refractivity contribution in [3.63, 3.8) is 0 Å². The maximum atomic E-state index is 13.3. The Morgan fingerprint density at radius 3 is 2.66 bits per heavy atom. The van der Waals surface area contributed by atoms with E-state index in [9.17, 15) is 19.8 Å². The molecule has 12 nitrogen and oxygen atoms in total. The number of imidazole rings is 1. The molecule has 47 heavy (non-hydrogen) atoms. The van der Waals surface area contributed by atoms with Crippen LogP contribution in [0.1, 0.15) is 53.2 Å². The van der Waals surface area contributed by atoms with Crippen molar-refractivity contribution in [2.45, 2.75) is 89.6 Å². The van der Waals surface area contributed by atoms with Gasteiger partial charge < -0.3 is 43.2 Å². The predicted molar refractivity (Wildman–Crippen MR) is 170 cm³/mol. The van der Waals surface area contributed by atoms with Gasteiger partial charge in [-0.1, -0.05) is 31.6 Å². The lowest BCUT2D eigenvalue weighted by Crippen LogP contribution is -2.55. The van der Waals surface area contributed by atoms with E-state index in [1.807, 2.05) is 26.1 Å². The highest BCUT2D eigenvalue weighted by Gasteiger charge is 2.54. The van der Waals surface area contributed by atoms with Crippen LogP contribution in [0.15, 0.2) is 54.1 Å².